The molecular formula is C22H17NO3. The van der Waals surface area contributed by atoms with Gasteiger partial charge in [0.15, 0.2) is 5.78 Å². The maximum absolute atomic E-state index is 11.9. The van der Waals surface area contributed by atoms with E-state index in [-0.39, 0.29) is 11.4 Å². The summed E-state index contributed by atoms with van der Waals surface area (Å²) in [5.41, 5.74) is 2.66. The summed E-state index contributed by atoms with van der Waals surface area (Å²) in [4.78, 5) is 23.3. The van der Waals surface area contributed by atoms with Crippen LogP contribution in [0.15, 0.2) is 75.9 Å². The molecule has 26 heavy (non-hydrogen) atoms. The van der Waals surface area contributed by atoms with E-state index in [1.54, 1.807) is 19.1 Å². The first-order chi connectivity index (χ1) is 12.6. The largest absolute Gasteiger partial charge is 0.423 e. The standard InChI is InChI=1S/C22H17NO3/c1-14(24)15-6-9-18(10-7-15)23-13-17-12-21(25)26-20-11-8-16-4-2-3-5-19(16)22(17)20/h2-12,23H,13H2,1H3. The number of rotatable bonds is 4. The van der Waals surface area contributed by atoms with E-state index in [9.17, 15) is 9.59 Å². The maximum atomic E-state index is 11.9. The number of nitrogens with one attached hydrogen (secondary N) is 1. The van der Waals surface area contributed by atoms with Crippen molar-refractivity contribution >= 4 is 33.2 Å². The second kappa shape index (κ2) is 6.48. The summed E-state index contributed by atoms with van der Waals surface area (Å²) in [5, 5.41) is 6.41. The molecule has 4 nitrogen and oxygen atoms in total. The van der Waals surface area contributed by atoms with Crippen molar-refractivity contribution in [2.24, 2.45) is 0 Å². The normalized spacial score (nSPS) is 11.0. The second-order valence-corrected chi connectivity index (χ2v) is 6.24. The molecule has 0 atom stereocenters. The molecule has 1 aromatic heterocycles. The molecule has 0 saturated carbocycles. The van der Waals surface area contributed by atoms with E-state index in [1.807, 2.05) is 48.5 Å². The monoisotopic (exact) mass is 343 g/mol. The van der Waals surface area contributed by atoms with E-state index in [1.165, 1.54) is 6.07 Å². The van der Waals surface area contributed by atoms with Gasteiger partial charge < -0.3 is 9.73 Å². The molecule has 0 radical (unpaired) electrons. The third-order valence-electron chi connectivity index (χ3n) is 4.49. The van der Waals surface area contributed by atoms with Crippen molar-refractivity contribution < 1.29 is 9.21 Å². The van der Waals surface area contributed by atoms with Crippen molar-refractivity contribution in [3.63, 3.8) is 0 Å². The predicted molar refractivity (Wildman–Crippen MR) is 104 cm³/mol. The minimum absolute atomic E-state index is 0.0367. The molecule has 0 saturated heterocycles. The number of fused-ring (bicyclic) bond motifs is 3. The molecule has 0 fully saturated rings. The van der Waals surface area contributed by atoms with Crippen LogP contribution in [0.25, 0.3) is 21.7 Å². The Morgan fingerprint density at radius 2 is 1.77 bits per heavy atom. The van der Waals surface area contributed by atoms with Gasteiger partial charge in [0.05, 0.1) is 0 Å². The Bertz CT molecular complexity index is 1170. The molecule has 4 aromatic rings. The van der Waals surface area contributed by atoms with E-state index in [0.717, 1.165) is 27.4 Å². The number of anilines is 1. The van der Waals surface area contributed by atoms with Crippen molar-refractivity contribution in [3.8, 4) is 0 Å². The van der Waals surface area contributed by atoms with E-state index in [4.69, 9.17) is 4.42 Å². The fraction of sp³-hybridized carbons (Fsp3) is 0.0909. The van der Waals surface area contributed by atoms with Crippen LogP contribution in [0.5, 0.6) is 0 Å². The fourth-order valence-corrected chi connectivity index (χ4v) is 3.18. The Morgan fingerprint density at radius 3 is 2.54 bits per heavy atom. The van der Waals surface area contributed by atoms with Crippen LogP contribution in [0, 0.1) is 0 Å². The Hall–Kier alpha value is -3.40. The van der Waals surface area contributed by atoms with Gasteiger partial charge in [-0.05, 0) is 53.6 Å². The molecule has 0 bridgehead atoms. The highest BCUT2D eigenvalue weighted by Crippen LogP contribution is 2.27. The van der Waals surface area contributed by atoms with Gasteiger partial charge in [0.1, 0.15) is 5.58 Å². The Kier molecular flexibility index (Phi) is 4.01. The molecule has 0 unspecified atom stereocenters. The first kappa shape index (κ1) is 16.1. The van der Waals surface area contributed by atoms with Gasteiger partial charge in [-0.25, -0.2) is 4.79 Å². The minimum atomic E-state index is -0.364. The number of Topliss-reactive ketones (excluding diaryl/α,β-unsaturated/α-hetero) is 1. The first-order valence-corrected chi connectivity index (χ1v) is 8.41. The number of ketones is 1. The van der Waals surface area contributed by atoms with Gasteiger partial charge >= 0.3 is 5.63 Å². The van der Waals surface area contributed by atoms with Gasteiger partial charge in [0.25, 0.3) is 0 Å². The zero-order valence-electron chi connectivity index (χ0n) is 14.3. The van der Waals surface area contributed by atoms with E-state index >= 15 is 0 Å². The lowest BCUT2D eigenvalue weighted by Gasteiger charge is -2.11. The zero-order chi connectivity index (χ0) is 18.1. The smallest absolute Gasteiger partial charge is 0.336 e. The van der Waals surface area contributed by atoms with Gasteiger partial charge in [-0.15, -0.1) is 0 Å². The van der Waals surface area contributed by atoms with Crippen LogP contribution in [0.1, 0.15) is 22.8 Å². The first-order valence-electron chi connectivity index (χ1n) is 8.41. The Morgan fingerprint density at radius 1 is 1.00 bits per heavy atom. The third kappa shape index (κ3) is 2.97. The molecular weight excluding hydrogens is 326 g/mol. The number of hydrogen-bond donors (Lipinski definition) is 1. The van der Waals surface area contributed by atoms with Crippen LogP contribution in [0.3, 0.4) is 0 Å². The molecule has 1 heterocycles. The number of benzene rings is 3. The van der Waals surface area contributed by atoms with E-state index in [0.29, 0.717) is 17.7 Å². The third-order valence-corrected chi connectivity index (χ3v) is 4.49. The predicted octanol–water partition coefficient (Wildman–Crippen LogP) is 4.76. The number of hydrogen-bond acceptors (Lipinski definition) is 4. The lowest BCUT2D eigenvalue weighted by Crippen LogP contribution is -2.06. The van der Waals surface area contributed by atoms with Gasteiger partial charge in [-0.3, -0.25) is 4.79 Å². The summed E-state index contributed by atoms with van der Waals surface area (Å²) in [7, 11) is 0. The maximum Gasteiger partial charge on any atom is 0.336 e. The molecule has 128 valence electrons. The molecule has 0 aliphatic rings. The highest BCUT2D eigenvalue weighted by Gasteiger charge is 2.09. The van der Waals surface area contributed by atoms with Crippen LogP contribution in [0.4, 0.5) is 5.69 Å². The lowest BCUT2D eigenvalue weighted by molar-refractivity contribution is 0.101. The summed E-state index contributed by atoms with van der Waals surface area (Å²) in [6.07, 6.45) is 0. The quantitative estimate of drug-likeness (QED) is 0.330. The van der Waals surface area contributed by atoms with Crippen molar-refractivity contribution in [3.05, 3.63) is 88.3 Å². The summed E-state index contributed by atoms with van der Waals surface area (Å²) in [6.45, 7) is 2.03. The lowest BCUT2D eigenvalue weighted by atomic mass is 10.0. The molecule has 4 heteroatoms. The summed E-state index contributed by atoms with van der Waals surface area (Å²) in [5.74, 6) is 0.0367. The SMILES string of the molecule is CC(=O)c1ccc(NCc2cc(=O)oc3ccc4ccccc4c23)cc1. The van der Waals surface area contributed by atoms with Gasteiger partial charge in [0.2, 0.25) is 0 Å². The highest BCUT2D eigenvalue weighted by molar-refractivity contribution is 6.07. The molecule has 0 aliphatic heterocycles. The summed E-state index contributed by atoms with van der Waals surface area (Å²) in [6, 6.07) is 20.7. The Balaban J connectivity index is 1.74. The molecule has 0 amide bonds. The molecule has 1 N–H and O–H groups in total. The van der Waals surface area contributed by atoms with Crippen LogP contribution >= 0.6 is 0 Å². The topological polar surface area (TPSA) is 59.3 Å². The van der Waals surface area contributed by atoms with Crippen molar-refractivity contribution in [1.29, 1.82) is 0 Å². The van der Waals surface area contributed by atoms with Gasteiger partial charge in [-0.1, -0.05) is 30.3 Å². The van der Waals surface area contributed by atoms with Gasteiger partial charge in [0, 0.05) is 29.2 Å². The van der Waals surface area contributed by atoms with Crippen molar-refractivity contribution in [1.82, 2.24) is 0 Å². The molecule has 0 aliphatic carbocycles. The summed E-state index contributed by atoms with van der Waals surface area (Å²) < 4.78 is 5.38. The van der Waals surface area contributed by atoms with Crippen LogP contribution in [0.2, 0.25) is 0 Å². The van der Waals surface area contributed by atoms with Crippen LogP contribution in [-0.4, -0.2) is 5.78 Å². The molecule has 3 aromatic carbocycles. The van der Waals surface area contributed by atoms with E-state index < -0.39 is 0 Å². The van der Waals surface area contributed by atoms with Crippen LogP contribution < -0.4 is 10.9 Å². The second-order valence-electron chi connectivity index (χ2n) is 6.24. The molecule has 4 rings (SSSR count). The number of carbonyl (C=O) groups excluding carboxylic acids is 1. The molecule has 0 spiro atoms. The van der Waals surface area contributed by atoms with Crippen molar-refractivity contribution in [2.75, 3.05) is 5.32 Å². The zero-order valence-corrected chi connectivity index (χ0v) is 14.3. The fourth-order valence-electron chi connectivity index (χ4n) is 3.18. The van der Waals surface area contributed by atoms with Crippen LogP contribution in [-0.2, 0) is 6.54 Å². The summed E-state index contributed by atoms with van der Waals surface area (Å²) >= 11 is 0. The minimum Gasteiger partial charge on any atom is -0.423 e. The van der Waals surface area contributed by atoms with E-state index in [2.05, 4.69) is 5.32 Å². The van der Waals surface area contributed by atoms with Gasteiger partial charge in [-0.2, -0.15) is 0 Å². The Labute approximate surface area is 150 Å². The average Bonchev–Trinajstić information content (AvgIpc) is 2.66. The highest BCUT2D eigenvalue weighted by atomic mass is 16.4. The number of carbonyl (C=O) groups is 1. The van der Waals surface area contributed by atoms with Crippen molar-refractivity contribution in [2.45, 2.75) is 13.5 Å². The average molecular weight is 343 g/mol.